The number of carbonyl (C=O) groups excluding carboxylic acids is 2. The van der Waals surface area contributed by atoms with Crippen molar-refractivity contribution in [3.8, 4) is 11.1 Å². The molecule has 3 heteroatoms. The minimum atomic E-state index is -0.0504. The number of benzene rings is 3. The molecule has 0 radical (unpaired) electrons. The van der Waals surface area contributed by atoms with Crippen molar-refractivity contribution < 1.29 is 9.59 Å². The smallest absolute Gasteiger partial charge is 0.251 e. The van der Waals surface area contributed by atoms with Crippen LogP contribution in [0.1, 0.15) is 44.7 Å². The van der Waals surface area contributed by atoms with Crippen LogP contribution < -0.4 is 5.32 Å². The van der Waals surface area contributed by atoms with Crippen molar-refractivity contribution >= 4 is 11.7 Å². The third-order valence-electron chi connectivity index (χ3n) is 4.91. The zero-order valence-corrected chi connectivity index (χ0v) is 15.2. The third kappa shape index (κ3) is 3.68. The molecule has 0 bridgehead atoms. The molecule has 4 rings (SSSR count). The molecule has 3 nitrogen and oxygen atoms in total. The van der Waals surface area contributed by atoms with Crippen molar-refractivity contribution in [3.05, 3.63) is 95.1 Å². The Labute approximate surface area is 159 Å². The lowest BCUT2D eigenvalue weighted by Crippen LogP contribution is -2.25. The molecule has 0 aromatic heterocycles. The van der Waals surface area contributed by atoms with E-state index in [0.29, 0.717) is 22.7 Å². The first-order valence-electron chi connectivity index (χ1n) is 9.24. The first kappa shape index (κ1) is 17.2. The van der Waals surface area contributed by atoms with Crippen LogP contribution in [0, 0.1) is 6.92 Å². The Bertz CT molecular complexity index is 1000. The predicted molar refractivity (Wildman–Crippen MR) is 107 cm³/mol. The van der Waals surface area contributed by atoms with Crippen LogP contribution in [0.4, 0.5) is 0 Å². The van der Waals surface area contributed by atoms with Crippen LogP contribution in [0.2, 0.25) is 0 Å². The third-order valence-corrected chi connectivity index (χ3v) is 4.91. The van der Waals surface area contributed by atoms with E-state index in [-0.39, 0.29) is 11.7 Å². The number of amides is 1. The Morgan fingerprint density at radius 2 is 1.52 bits per heavy atom. The van der Waals surface area contributed by atoms with Gasteiger partial charge in [-0.05, 0) is 48.6 Å². The highest BCUT2D eigenvalue weighted by Gasteiger charge is 2.24. The molecule has 1 amide bonds. The molecule has 1 aliphatic rings. The van der Waals surface area contributed by atoms with Crippen LogP contribution >= 0.6 is 0 Å². The normalized spacial score (nSPS) is 13.2. The summed E-state index contributed by atoms with van der Waals surface area (Å²) in [6.07, 6.45) is 2.11. The molecular formula is C24H21NO2. The standard InChI is InChI=1S/C24H21NO2/c1-16-11-12-18(24(27)25-19-13-14-19)15-22(16)20-9-5-6-10-21(20)23(26)17-7-3-2-4-8-17/h2-12,15,19H,13-14H2,1H3,(H,25,27). The van der Waals surface area contributed by atoms with Gasteiger partial charge in [0.15, 0.2) is 5.78 Å². The summed E-state index contributed by atoms with van der Waals surface area (Å²) in [5.41, 5.74) is 4.73. The van der Waals surface area contributed by atoms with Gasteiger partial charge in [0.1, 0.15) is 0 Å². The largest absolute Gasteiger partial charge is 0.349 e. The molecule has 3 aromatic carbocycles. The van der Waals surface area contributed by atoms with E-state index < -0.39 is 0 Å². The van der Waals surface area contributed by atoms with Crippen LogP contribution in [0.3, 0.4) is 0 Å². The van der Waals surface area contributed by atoms with Gasteiger partial charge in [-0.1, -0.05) is 60.7 Å². The lowest BCUT2D eigenvalue weighted by Gasteiger charge is -2.13. The molecule has 3 aromatic rings. The zero-order chi connectivity index (χ0) is 18.8. The first-order chi connectivity index (χ1) is 13.1. The monoisotopic (exact) mass is 355 g/mol. The van der Waals surface area contributed by atoms with Gasteiger partial charge in [0.2, 0.25) is 0 Å². The molecule has 0 unspecified atom stereocenters. The molecule has 1 aliphatic carbocycles. The minimum absolute atomic E-state index is 0.0153. The number of rotatable bonds is 5. The van der Waals surface area contributed by atoms with Gasteiger partial charge in [-0.15, -0.1) is 0 Å². The van der Waals surface area contributed by atoms with E-state index in [0.717, 1.165) is 29.5 Å². The average Bonchev–Trinajstić information content (AvgIpc) is 3.52. The van der Waals surface area contributed by atoms with E-state index >= 15 is 0 Å². The van der Waals surface area contributed by atoms with Gasteiger partial charge in [0.25, 0.3) is 5.91 Å². The minimum Gasteiger partial charge on any atom is -0.349 e. The number of nitrogens with one attached hydrogen (secondary N) is 1. The highest BCUT2D eigenvalue weighted by atomic mass is 16.1. The summed E-state index contributed by atoms with van der Waals surface area (Å²) in [6, 6.07) is 22.9. The molecule has 0 spiro atoms. The fourth-order valence-corrected chi connectivity index (χ4v) is 3.21. The lowest BCUT2D eigenvalue weighted by molar-refractivity contribution is 0.0950. The van der Waals surface area contributed by atoms with Gasteiger partial charge < -0.3 is 5.32 Å². The summed E-state index contributed by atoms with van der Waals surface area (Å²) < 4.78 is 0. The Morgan fingerprint density at radius 3 is 2.26 bits per heavy atom. The van der Waals surface area contributed by atoms with Crippen molar-refractivity contribution in [2.75, 3.05) is 0 Å². The highest BCUT2D eigenvalue weighted by Crippen LogP contribution is 2.30. The summed E-state index contributed by atoms with van der Waals surface area (Å²) in [5.74, 6) is -0.0657. The van der Waals surface area contributed by atoms with E-state index in [1.54, 1.807) is 0 Å². The maximum absolute atomic E-state index is 13.0. The summed E-state index contributed by atoms with van der Waals surface area (Å²) in [6.45, 7) is 2.00. The molecule has 1 saturated carbocycles. The Hall–Kier alpha value is -3.20. The Kier molecular flexibility index (Phi) is 4.59. The highest BCUT2D eigenvalue weighted by molar-refractivity contribution is 6.13. The van der Waals surface area contributed by atoms with Gasteiger partial charge >= 0.3 is 0 Å². The molecule has 0 aliphatic heterocycles. The fraction of sp³-hybridized carbons (Fsp3) is 0.167. The van der Waals surface area contributed by atoms with Crippen LogP contribution in [0.15, 0.2) is 72.8 Å². The average molecular weight is 355 g/mol. The second kappa shape index (κ2) is 7.20. The predicted octanol–water partition coefficient (Wildman–Crippen LogP) is 4.79. The number of hydrogen-bond acceptors (Lipinski definition) is 2. The van der Waals surface area contributed by atoms with E-state index in [1.165, 1.54) is 0 Å². The summed E-state index contributed by atoms with van der Waals surface area (Å²) in [4.78, 5) is 25.5. The SMILES string of the molecule is Cc1ccc(C(=O)NC2CC2)cc1-c1ccccc1C(=O)c1ccccc1. The van der Waals surface area contributed by atoms with E-state index in [2.05, 4.69) is 5.32 Å². The molecule has 0 heterocycles. The van der Waals surface area contributed by atoms with Gasteiger partial charge in [-0.3, -0.25) is 9.59 Å². The molecule has 0 atom stereocenters. The van der Waals surface area contributed by atoms with E-state index in [4.69, 9.17) is 0 Å². The number of hydrogen-bond donors (Lipinski definition) is 1. The molecule has 27 heavy (non-hydrogen) atoms. The van der Waals surface area contributed by atoms with Gasteiger partial charge in [0, 0.05) is 22.7 Å². The number of carbonyl (C=O) groups is 2. The summed E-state index contributed by atoms with van der Waals surface area (Å²) >= 11 is 0. The molecule has 134 valence electrons. The van der Waals surface area contributed by atoms with Crippen molar-refractivity contribution in [2.24, 2.45) is 0 Å². The molecule has 0 saturated heterocycles. The maximum Gasteiger partial charge on any atom is 0.251 e. The summed E-state index contributed by atoms with van der Waals surface area (Å²) in [5, 5.41) is 3.03. The van der Waals surface area contributed by atoms with Gasteiger partial charge in [0.05, 0.1) is 0 Å². The lowest BCUT2D eigenvalue weighted by atomic mass is 9.90. The van der Waals surface area contributed by atoms with Crippen molar-refractivity contribution in [2.45, 2.75) is 25.8 Å². The fourth-order valence-electron chi connectivity index (χ4n) is 3.21. The van der Waals surface area contributed by atoms with E-state index in [9.17, 15) is 9.59 Å². The van der Waals surface area contributed by atoms with Crippen LogP contribution in [0.5, 0.6) is 0 Å². The van der Waals surface area contributed by atoms with Crippen molar-refractivity contribution in [1.82, 2.24) is 5.32 Å². The van der Waals surface area contributed by atoms with Crippen LogP contribution in [-0.4, -0.2) is 17.7 Å². The van der Waals surface area contributed by atoms with Crippen LogP contribution in [-0.2, 0) is 0 Å². The maximum atomic E-state index is 13.0. The van der Waals surface area contributed by atoms with E-state index in [1.807, 2.05) is 79.7 Å². The Morgan fingerprint density at radius 1 is 0.815 bits per heavy atom. The second-order valence-corrected chi connectivity index (χ2v) is 7.02. The number of aryl methyl sites for hydroxylation is 1. The summed E-state index contributed by atoms with van der Waals surface area (Å²) in [7, 11) is 0. The topological polar surface area (TPSA) is 46.2 Å². The van der Waals surface area contributed by atoms with Crippen molar-refractivity contribution in [3.63, 3.8) is 0 Å². The molecular weight excluding hydrogens is 334 g/mol. The Balaban J connectivity index is 1.75. The van der Waals surface area contributed by atoms with Crippen molar-refractivity contribution in [1.29, 1.82) is 0 Å². The first-order valence-corrected chi connectivity index (χ1v) is 9.24. The molecule has 1 N–H and O–H groups in total. The second-order valence-electron chi connectivity index (χ2n) is 7.02. The van der Waals surface area contributed by atoms with Gasteiger partial charge in [-0.25, -0.2) is 0 Å². The zero-order valence-electron chi connectivity index (χ0n) is 15.2. The van der Waals surface area contributed by atoms with Crippen LogP contribution in [0.25, 0.3) is 11.1 Å². The number of ketones is 1. The quantitative estimate of drug-likeness (QED) is 0.669. The molecule has 1 fully saturated rings. The van der Waals surface area contributed by atoms with Gasteiger partial charge in [-0.2, -0.15) is 0 Å².